The van der Waals surface area contributed by atoms with Gasteiger partial charge < -0.3 is 19.9 Å². The fourth-order valence-corrected chi connectivity index (χ4v) is 4.64. The number of H-pyrrole nitrogens is 1. The van der Waals surface area contributed by atoms with E-state index in [1.54, 1.807) is 12.1 Å². The van der Waals surface area contributed by atoms with Crippen molar-refractivity contribution in [2.45, 2.75) is 30.9 Å². The van der Waals surface area contributed by atoms with Gasteiger partial charge in [-0.1, -0.05) is 30.0 Å². The fraction of sp³-hybridized carbons (Fsp3) is 0.333. The highest BCUT2D eigenvalue weighted by Crippen LogP contribution is 2.36. The van der Waals surface area contributed by atoms with Gasteiger partial charge in [0.1, 0.15) is 5.82 Å². The molecule has 0 radical (unpaired) electrons. The van der Waals surface area contributed by atoms with Crippen LogP contribution in [0.1, 0.15) is 40.3 Å². The van der Waals surface area contributed by atoms with Gasteiger partial charge in [-0.2, -0.15) is 0 Å². The smallest absolute Gasteiger partial charge is 0.293 e. The molecule has 180 valence electrons. The molecule has 3 N–H and O–H groups in total. The second kappa shape index (κ2) is 9.62. The lowest BCUT2D eigenvalue weighted by molar-refractivity contribution is -0.223. The van der Waals surface area contributed by atoms with Crippen molar-refractivity contribution in [1.29, 1.82) is 0 Å². The summed E-state index contributed by atoms with van der Waals surface area (Å²) in [4.78, 5) is 20.1. The van der Waals surface area contributed by atoms with Crippen LogP contribution in [0.2, 0.25) is 0 Å². The number of aromatic nitrogens is 2. The number of aromatic amines is 1. The molecule has 3 heterocycles. The van der Waals surface area contributed by atoms with Gasteiger partial charge in [-0.05, 0) is 35.4 Å². The highest BCUT2D eigenvalue weighted by Gasteiger charge is 2.48. The van der Waals surface area contributed by atoms with Crippen molar-refractivity contribution in [3.63, 3.8) is 0 Å². The molecule has 1 aromatic heterocycles. The van der Waals surface area contributed by atoms with Gasteiger partial charge in [0.2, 0.25) is 5.75 Å². The number of benzene rings is 2. The van der Waals surface area contributed by atoms with Crippen molar-refractivity contribution >= 4 is 0 Å². The number of ether oxygens (including phenoxy) is 1. The van der Waals surface area contributed by atoms with E-state index >= 15 is 0 Å². The quantitative estimate of drug-likeness (QED) is 0.474. The molecular formula is C27H26FN3O4. The molecule has 2 aliphatic heterocycles. The molecule has 0 bridgehead atoms. The number of likely N-dealkylation sites (tertiary alicyclic amines) is 1. The molecule has 5 rings (SSSR count). The maximum atomic E-state index is 14.9. The van der Waals surface area contributed by atoms with Crippen LogP contribution in [-0.4, -0.2) is 57.0 Å². The molecule has 0 unspecified atom stereocenters. The number of aliphatic hydroxyl groups is 1. The van der Waals surface area contributed by atoms with Gasteiger partial charge in [0.05, 0.1) is 30.8 Å². The van der Waals surface area contributed by atoms with E-state index in [1.807, 2.05) is 12.1 Å². The highest BCUT2D eigenvalue weighted by atomic mass is 19.1. The summed E-state index contributed by atoms with van der Waals surface area (Å²) in [5.74, 6) is 4.34. The third kappa shape index (κ3) is 4.98. The average molecular weight is 476 g/mol. The molecule has 8 heteroatoms. The van der Waals surface area contributed by atoms with Crippen LogP contribution in [0, 0.1) is 17.7 Å². The molecule has 35 heavy (non-hydrogen) atoms. The zero-order chi connectivity index (χ0) is 24.4. The molecule has 7 nitrogen and oxygen atoms in total. The molecule has 0 aliphatic carbocycles. The number of hydrogen-bond acceptors (Lipinski definition) is 6. The Balaban J connectivity index is 1.23. The summed E-state index contributed by atoms with van der Waals surface area (Å²) in [5.41, 5.74) is 2.39. The Morgan fingerprint density at radius 3 is 2.54 bits per heavy atom. The maximum absolute atomic E-state index is 14.9. The Bertz CT molecular complexity index is 1330. The van der Waals surface area contributed by atoms with Crippen molar-refractivity contribution in [3.05, 3.63) is 92.9 Å². The first-order valence-corrected chi connectivity index (χ1v) is 11.6. The normalized spacial score (nSPS) is 17.2. The molecule has 1 spiro atoms. The number of halogens is 1. The summed E-state index contributed by atoms with van der Waals surface area (Å²) < 4.78 is 20.5. The van der Waals surface area contributed by atoms with Crippen LogP contribution in [0.4, 0.5) is 4.39 Å². The van der Waals surface area contributed by atoms with Gasteiger partial charge in [-0.3, -0.25) is 9.69 Å². The van der Waals surface area contributed by atoms with Crippen LogP contribution >= 0.6 is 0 Å². The zero-order valence-electron chi connectivity index (χ0n) is 19.1. The molecule has 2 aliphatic rings. The summed E-state index contributed by atoms with van der Waals surface area (Å²) in [6.07, 6.45) is 2.35. The minimum Gasteiger partial charge on any atom is -0.502 e. The van der Waals surface area contributed by atoms with Crippen LogP contribution in [0.3, 0.4) is 0 Å². The van der Waals surface area contributed by atoms with Crippen LogP contribution in [-0.2, 0) is 17.7 Å². The fourth-order valence-electron chi connectivity index (χ4n) is 4.64. The average Bonchev–Trinajstić information content (AvgIpc) is 2.81. The lowest BCUT2D eigenvalue weighted by atomic mass is 9.86. The van der Waals surface area contributed by atoms with E-state index in [9.17, 15) is 19.4 Å². The minimum atomic E-state index is -0.678. The van der Waals surface area contributed by atoms with Gasteiger partial charge >= 0.3 is 0 Å². The first-order chi connectivity index (χ1) is 16.9. The number of aromatic hydroxyl groups is 1. The predicted molar refractivity (Wildman–Crippen MR) is 127 cm³/mol. The topological polar surface area (TPSA) is 98.7 Å². The summed E-state index contributed by atoms with van der Waals surface area (Å²) in [7, 11) is 0. The standard InChI is InChI=1S/C27H26FN3O4/c28-23-11-19(7-8-22(23)21(14-32)12-24-25(33)26(34)30-17-29-24)4-1-18-2-5-20(6-3-18)13-31-15-27(16-31)9-10-35-27/h2-3,5-8,11,17,21,32-33H,9-10,12-16H2,(H,29,30,34)/t21-/m0/s1. The number of hydrogen-bond donors (Lipinski definition) is 3. The highest BCUT2D eigenvalue weighted by molar-refractivity contribution is 5.45. The zero-order valence-corrected chi connectivity index (χ0v) is 19.1. The van der Waals surface area contributed by atoms with E-state index in [0.717, 1.165) is 44.6 Å². The lowest BCUT2D eigenvalue weighted by Crippen LogP contribution is -2.67. The molecule has 2 aromatic carbocycles. The van der Waals surface area contributed by atoms with E-state index < -0.39 is 23.0 Å². The van der Waals surface area contributed by atoms with E-state index in [0.29, 0.717) is 5.56 Å². The SMILES string of the molecule is O=c1[nH]cnc(C[C@@H](CO)c2ccc(C#Cc3ccc(CN4CC5(CCO5)C4)cc3)cc2F)c1O. The summed E-state index contributed by atoms with van der Waals surface area (Å²) in [6.45, 7) is 3.40. The van der Waals surface area contributed by atoms with Crippen LogP contribution in [0.25, 0.3) is 0 Å². The Morgan fingerprint density at radius 1 is 1.17 bits per heavy atom. The Hall–Kier alpha value is -3.51. The number of nitrogens with zero attached hydrogens (tertiary/aromatic N) is 2. The number of aliphatic hydroxyl groups excluding tert-OH is 1. The molecular weight excluding hydrogens is 449 g/mol. The van der Waals surface area contributed by atoms with Crippen molar-refractivity contribution in [2.75, 3.05) is 26.3 Å². The summed E-state index contributed by atoms with van der Waals surface area (Å²) in [5, 5.41) is 19.7. The van der Waals surface area contributed by atoms with E-state index in [2.05, 4.69) is 38.8 Å². The second-order valence-electron chi connectivity index (χ2n) is 9.22. The Morgan fingerprint density at radius 2 is 1.89 bits per heavy atom. The van der Waals surface area contributed by atoms with Crippen LogP contribution in [0.5, 0.6) is 5.75 Å². The molecule has 3 aromatic rings. The van der Waals surface area contributed by atoms with Gasteiger partial charge in [0.25, 0.3) is 5.56 Å². The minimum absolute atomic E-state index is 0.0198. The maximum Gasteiger partial charge on any atom is 0.293 e. The number of rotatable bonds is 6. The van der Waals surface area contributed by atoms with Crippen LogP contribution < -0.4 is 5.56 Å². The first kappa shape index (κ1) is 23.2. The van der Waals surface area contributed by atoms with Gasteiger partial charge in [-0.25, -0.2) is 9.37 Å². The monoisotopic (exact) mass is 475 g/mol. The molecule has 0 amide bonds. The predicted octanol–water partition coefficient (Wildman–Crippen LogP) is 2.31. The van der Waals surface area contributed by atoms with Gasteiger partial charge in [0, 0.05) is 49.5 Å². The summed E-state index contributed by atoms with van der Waals surface area (Å²) >= 11 is 0. The van der Waals surface area contributed by atoms with E-state index in [4.69, 9.17) is 4.74 Å². The van der Waals surface area contributed by atoms with Crippen LogP contribution in [0.15, 0.2) is 53.6 Å². The molecule has 2 saturated heterocycles. The first-order valence-electron chi connectivity index (χ1n) is 11.6. The van der Waals surface area contributed by atoms with E-state index in [-0.39, 0.29) is 29.9 Å². The lowest BCUT2D eigenvalue weighted by Gasteiger charge is -2.55. The third-order valence-corrected chi connectivity index (χ3v) is 6.71. The van der Waals surface area contributed by atoms with E-state index in [1.165, 1.54) is 11.6 Å². The van der Waals surface area contributed by atoms with Crippen molar-refractivity contribution in [3.8, 4) is 17.6 Å². The molecule has 1 atom stereocenters. The van der Waals surface area contributed by atoms with Crippen molar-refractivity contribution < 1.29 is 19.3 Å². The largest absolute Gasteiger partial charge is 0.502 e. The van der Waals surface area contributed by atoms with Crippen molar-refractivity contribution in [2.24, 2.45) is 0 Å². The molecule has 2 fully saturated rings. The Labute approximate surface area is 202 Å². The number of nitrogens with one attached hydrogen (secondary N) is 1. The van der Waals surface area contributed by atoms with Gasteiger partial charge in [0.15, 0.2) is 0 Å². The second-order valence-corrected chi connectivity index (χ2v) is 9.22. The Kier molecular flexibility index (Phi) is 6.39. The third-order valence-electron chi connectivity index (χ3n) is 6.71. The van der Waals surface area contributed by atoms with Gasteiger partial charge in [-0.15, -0.1) is 0 Å². The molecule has 0 saturated carbocycles. The summed E-state index contributed by atoms with van der Waals surface area (Å²) in [6, 6.07) is 12.6. The van der Waals surface area contributed by atoms with Crippen molar-refractivity contribution in [1.82, 2.24) is 14.9 Å².